The summed E-state index contributed by atoms with van der Waals surface area (Å²) in [6, 6.07) is 19.5. The molecule has 1 aliphatic heterocycles. The van der Waals surface area contributed by atoms with E-state index in [9.17, 15) is 23.5 Å². The van der Waals surface area contributed by atoms with Gasteiger partial charge in [-0.1, -0.05) is 36.4 Å². The summed E-state index contributed by atoms with van der Waals surface area (Å²) in [5, 5.41) is 11.7. The van der Waals surface area contributed by atoms with Crippen molar-refractivity contribution in [2.45, 2.75) is 12.3 Å². The monoisotopic (exact) mass is 670 g/mol. The van der Waals surface area contributed by atoms with Gasteiger partial charge in [-0.05, 0) is 57.9 Å². The molecule has 6 aromatic rings. The van der Waals surface area contributed by atoms with Crippen LogP contribution in [0.2, 0.25) is 0 Å². The van der Waals surface area contributed by atoms with Crippen molar-refractivity contribution in [1.82, 2.24) is 29.4 Å². The third-order valence-electron chi connectivity index (χ3n) is 7.44. The number of amides is 1. The first kappa shape index (κ1) is 28.2. The normalized spacial score (nSPS) is 14.2. The molecule has 10 nitrogen and oxygen atoms in total. The number of nitrogens with zero attached hydrogens (tertiary/aromatic N) is 4. The topological polar surface area (TPSA) is 127 Å². The zero-order valence-corrected chi connectivity index (χ0v) is 24.6. The Labute approximate surface area is 262 Å². The molecule has 0 saturated heterocycles. The van der Waals surface area contributed by atoms with Gasteiger partial charge in [-0.15, -0.1) is 0 Å². The first-order valence-corrected chi connectivity index (χ1v) is 14.4. The summed E-state index contributed by atoms with van der Waals surface area (Å²) >= 11 is 3.45. The lowest BCUT2D eigenvalue weighted by Crippen LogP contribution is -2.35. The highest BCUT2D eigenvalue weighted by Crippen LogP contribution is 2.44. The minimum Gasteiger partial charge on any atom is -0.465 e. The molecule has 13 heteroatoms. The molecule has 224 valence electrons. The molecule has 2 atom stereocenters. The van der Waals surface area contributed by atoms with Gasteiger partial charge in [0.1, 0.15) is 33.9 Å². The van der Waals surface area contributed by atoms with Crippen LogP contribution in [-0.4, -0.2) is 41.2 Å². The van der Waals surface area contributed by atoms with Crippen molar-refractivity contribution < 1.29 is 28.2 Å². The maximum atomic E-state index is 14.9. The molecule has 0 radical (unpaired) electrons. The quantitative estimate of drug-likeness (QED) is 0.174. The summed E-state index contributed by atoms with van der Waals surface area (Å²) in [5.74, 6) is -0.634. The molecule has 0 saturated carbocycles. The van der Waals surface area contributed by atoms with E-state index in [1.165, 1.54) is 16.7 Å². The van der Waals surface area contributed by atoms with Gasteiger partial charge in [-0.2, -0.15) is 0 Å². The molecule has 0 spiro atoms. The summed E-state index contributed by atoms with van der Waals surface area (Å²) in [5.41, 5.74) is 2.99. The van der Waals surface area contributed by atoms with E-state index in [4.69, 9.17) is 4.74 Å². The number of ether oxygens (including phenoxy) is 1. The van der Waals surface area contributed by atoms with E-state index in [2.05, 4.69) is 36.2 Å². The van der Waals surface area contributed by atoms with Gasteiger partial charge in [0.15, 0.2) is 5.82 Å². The van der Waals surface area contributed by atoms with Gasteiger partial charge in [0.25, 0.3) is 5.91 Å². The number of carboxylic acid groups (broad SMARTS) is 1. The first-order valence-electron chi connectivity index (χ1n) is 13.6. The van der Waals surface area contributed by atoms with Crippen LogP contribution in [0.5, 0.6) is 5.75 Å². The Bertz CT molecular complexity index is 2090. The van der Waals surface area contributed by atoms with E-state index in [0.717, 1.165) is 6.07 Å². The number of hydrogen-bond donors (Lipinski definition) is 3. The van der Waals surface area contributed by atoms with Crippen molar-refractivity contribution in [1.29, 1.82) is 0 Å². The zero-order chi connectivity index (χ0) is 31.2. The lowest BCUT2D eigenvalue weighted by atomic mass is 10.1. The summed E-state index contributed by atoms with van der Waals surface area (Å²) in [6.45, 7) is 0. The predicted octanol–water partition coefficient (Wildman–Crippen LogP) is 7.04. The van der Waals surface area contributed by atoms with Crippen LogP contribution in [0, 0.1) is 11.6 Å². The number of fused-ring (bicyclic) bond motifs is 3. The Balaban J connectivity index is 1.22. The molecule has 4 heterocycles. The van der Waals surface area contributed by atoms with E-state index >= 15 is 0 Å². The number of aromatic amines is 1. The highest BCUT2D eigenvalue weighted by molar-refractivity contribution is 9.10. The van der Waals surface area contributed by atoms with Gasteiger partial charge in [0.05, 0.1) is 29.3 Å². The van der Waals surface area contributed by atoms with Gasteiger partial charge >= 0.3 is 6.09 Å². The standard InChI is InChI=1S/C32H21BrF2N6O4/c33-26-16-37-29-21-10-8-18(13-25(21)45-31(41(26)29)20-11-9-19(34)14-22(20)35)23-15-36-28(38-23)24-7-4-12-40(24)30(42)27(39-32(43)44)17-5-2-1-3-6-17/h1-16,27,31,39H,(H,36,38)(H,43,44)/t27-,31-/m0/s1. The molecule has 3 N–H and O–H groups in total. The maximum absolute atomic E-state index is 14.9. The molecule has 0 unspecified atom stereocenters. The van der Waals surface area contributed by atoms with Crippen molar-refractivity contribution in [3.05, 3.63) is 125 Å². The van der Waals surface area contributed by atoms with Crippen molar-refractivity contribution in [3.8, 4) is 39.9 Å². The van der Waals surface area contributed by atoms with Crippen LogP contribution in [0.4, 0.5) is 13.6 Å². The number of carbonyl (C=O) groups is 2. The molecule has 0 aliphatic carbocycles. The van der Waals surface area contributed by atoms with Gasteiger partial charge in [-0.3, -0.25) is 13.9 Å². The molecule has 1 amide bonds. The number of nitrogens with one attached hydrogen (secondary N) is 2. The number of benzene rings is 3. The second-order valence-corrected chi connectivity index (χ2v) is 11.0. The Morgan fingerprint density at radius 2 is 1.82 bits per heavy atom. The van der Waals surface area contributed by atoms with E-state index in [1.807, 2.05) is 12.1 Å². The Kier molecular flexibility index (Phi) is 7.01. The summed E-state index contributed by atoms with van der Waals surface area (Å²) in [4.78, 5) is 37.3. The number of halogens is 3. The smallest absolute Gasteiger partial charge is 0.405 e. The van der Waals surface area contributed by atoms with Crippen molar-refractivity contribution >= 4 is 27.9 Å². The number of imidazole rings is 2. The Hall–Kier alpha value is -5.56. The number of carbonyl (C=O) groups excluding carboxylic acids is 1. The van der Waals surface area contributed by atoms with Gasteiger partial charge in [0.2, 0.25) is 6.23 Å². The van der Waals surface area contributed by atoms with E-state index < -0.39 is 35.9 Å². The third kappa shape index (κ3) is 5.06. The van der Waals surface area contributed by atoms with Crippen LogP contribution < -0.4 is 10.1 Å². The van der Waals surface area contributed by atoms with Crippen molar-refractivity contribution in [2.24, 2.45) is 0 Å². The minimum atomic E-state index is -1.33. The second-order valence-electron chi connectivity index (χ2n) is 10.2. The molecular formula is C32H21BrF2N6O4. The second kappa shape index (κ2) is 11.2. The predicted molar refractivity (Wildman–Crippen MR) is 162 cm³/mol. The average Bonchev–Trinajstić information content (AvgIpc) is 3.80. The fraction of sp³-hybridized carbons (Fsp3) is 0.0625. The summed E-state index contributed by atoms with van der Waals surface area (Å²) < 4.78 is 38.4. The van der Waals surface area contributed by atoms with Gasteiger partial charge < -0.3 is 20.1 Å². The fourth-order valence-corrected chi connectivity index (χ4v) is 5.83. The molecule has 0 bridgehead atoms. The maximum Gasteiger partial charge on any atom is 0.405 e. The van der Waals surface area contributed by atoms with Crippen molar-refractivity contribution in [2.75, 3.05) is 0 Å². The van der Waals surface area contributed by atoms with Gasteiger partial charge in [0, 0.05) is 23.4 Å². The molecule has 7 rings (SSSR count). The van der Waals surface area contributed by atoms with Crippen LogP contribution in [0.15, 0.2) is 102 Å². The number of H-pyrrole nitrogens is 1. The molecule has 3 aromatic carbocycles. The Morgan fingerprint density at radius 3 is 2.60 bits per heavy atom. The highest BCUT2D eigenvalue weighted by Gasteiger charge is 2.32. The van der Waals surface area contributed by atoms with E-state index in [1.54, 1.807) is 71.7 Å². The van der Waals surface area contributed by atoms with E-state index in [-0.39, 0.29) is 5.56 Å². The summed E-state index contributed by atoms with van der Waals surface area (Å²) in [7, 11) is 0. The SMILES string of the molecule is O=C(O)N[C@H](C(=O)n1cccc1-c1ncc(-c2ccc3c(c2)O[C@@H](c2ccc(F)cc2F)n2c(Br)cnc2-3)[nH]1)c1ccccc1. The van der Waals surface area contributed by atoms with Crippen molar-refractivity contribution in [3.63, 3.8) is 0 Å². The Morgan fingerprint density at radius 1 is 1.00 bits per heavy atom. The summed E-state index contributed by atoms with van der Waals surface area (Å²) in [6.07, 6.45) is 2.44. The van der Waals surface area contributed by atoms with Crippen LogP contribution >= 0.6 is 15.9 Å². The van der Waals surface area contributed by atoms with Gasteiger partial charge in [-0.25, -0.2) is 23.5 Å². The molecule has 45 heavy (non-hydrogen) atoms. The highest BCUT2D eigenvalue weighted by atomic mass is 79.9. The number of hydrogen-bond acceptors (Lipinski definition) is 5. The molecule has 3 aromatic heterocycles. The molecule has 1 aliphatic rings. The molecule has 0 fully saturated rings. The average molecular weight is 671 g/mol. The first-order chi connectivity index (χ1) is 21.8. The largest absolute Gasteiger partial charge is 0.465 e. The van der Waals surface area contributed by atoms with Crippen LogP contribution in [0.3, 0.4) is 0 Å². The fourth-order valence-electron chi connectivity index (χ4n) is 5.37. The van der Waals surface area contributed by atoms with Crippen LogP contribution in [0.25, 0.3) is 34.2 Å². The third-order valence-corrected chi connectivity index (χ3v) is 8.03. The zero-order valence-electron chi connectivity index (χ0n) is 23.0. The number of rotatable bonds is 6. The van der Waals surface area contributed by atoms with Crippen LogP contribution in [-0.2, 0) is 0 Å². The van der Waals surface area contributed by atoms with E-state index in [0.29, 0.717) is 50.1 Å². The lowest BCUT2D eigenvalue weighted by Gasteiger charge is -2.29. The lowest BCUT2D eigenvalue weighted by molar-refractivity contribution is 0.0856. The number of aromatic nitrogens is 5. The molecular weight excluding hydrogens is 650 g/mol. The minimum absolute atomic E-state index is 0.132. The van der Waals surface area contributed by atoms with Crippen LogP contribution in [0.1, 0.15) is 28.2 Å².